The fourth-order valence-corrected chi connectivity index (χ4v) is 0.838. The summed E-state index contributed by atoms with van der Waals surface area (Å²) in [5.74, 6) is -0.806. The first-order valence-electron chi connectivity index (χ1n) is 3.11. The molecule has 11 heavy (non-hydrogen) atoms. The largest absolute Gasteiger partial charge is 0.346 e. The van der Waals surface area contributed by atoms with Gasteiger partial charge in [-0.2, -0.15) is 8.42 Å². The van der Waals surface area contributed by atoms with Crippen molar-refractivity contribution in [3.63, 3.8) is 0 Å². The summed E-state index contributed by atoms with van der Waals surface area (Å²) in [6.07, 6.45) is 0. The van der Waals surface area contributed by atoms with Crippen molar-refractivity contribution in [2.75, 3.05) is 0 Å². The summed E-state index contributed by atoms with van der Waals surface area (Å²) in [7, 11) is -3.75. The molecule has 0 aliphatic carbocycles. The number of rotatable bonds is 1. The highest BCUT2D eigenvalue weighted by molar-refractivity contribution is 7.88. The molecule has 0 heterocycles. The van der Waals surface area contributed by atoms with Gasteiger partial charge in [-0.1, -0.05) is 0 Å². The van der Waals surface area contributed by atoms with E-state index in [1.165, 1.54) is 20.8 Å². The molecule has 0 spiro atoms. The first-order chi connectivity index (χ1) is 4.67. The van der Waals surface area contributed by atoms with Crippen LogP contribution in [0, 0.1) is 0 Å². The van der Waals surface area contributed by atoms with Gasteiger partial charge in [-0.05, 0) is 20.8 Å². The number of hydrogen-bond acceptors (Lipinski definition) is 4. The lowest BCUT2D eigenvalue weighted by atomic mass is 10.3. The van der Waals surface area contributed by atoms with Crippen LogP contribution in [0.15, 0.2) is 0 Å². The standard InChI is InChI=1S/C6H12O4S/c1-5(7)10-11(8,9)6(2,3)4/h1-4H3. The van der Waals surface area contributed by atoms with E-state index in [1.807, 2.05) is 0 Å². The molecular weight excluding hydrogens is 168 g/mol. The molecule has 0 aromatic carbocycles. The Balaban J connectivity index is 4.64. The van der Waals surface area contributed by atoms with Crippen LogP contribution in [0.5, 0.6) is 0 Å². The minimum Gasteiger partial charge on any atom is -0.346 e. The second kappa shape index (κ2) is 2.81. The summed E-state index contributed by atoms with van der Waals surface area (Å²) in [4.78, 5) is 10.3. The molecule has 0 rings (SSSR count). The molecule has 4 nitrogen and oxygen atoms in total. The van der Waals surface area contributed by atoms with E-state index in [0.29, 0.717) is 0 Å². The molecule has 0 aliphatic heterocycles. The Morgan fingerprint density at radius 2 is 1.64 bits per heavy atom. The zero-order valence-corrected chi connectivity index (χ0v) is 7.86. The lowest BCUT2D eigenvalue weighted by Gasteiger charge is -2.16. The van der Waals surface area contributed by atoms with Crippen molar-refractivity contribution in [3.05, 3.63) is 0 Å². The second-order valence-corrected chi connectivity index (χ2v) is 5.44. The highest BCUT2D eigenvalue weighted by Gasteiger charge is 2.31. The van der Waals surface area contributed by atoms with E-state index >= 15 is 0 Å². The lowest BCUT2D eigenvalue weighted by Crippen LogP contribution is -2.31. The maximum atomic E-state index is 11.0. The van der Waals surface area contributed by atoms with E-state index < -0.39 is 20.8 Å². The minimum atomic E-state index is -3.75. The Bertz CT molecular complexity index is 244. The Morgan fingerprint density at radius 1 is 1.27 bits per heavy atom. The van der Waals surface area contributed by atoms with Crippen LogP contribution in [0.2, 0.25) is 0 Å². The smallest absolute Gasteiger partial charge is 0.319 e. The summed E-state index contributed by atoms with van der Waals surface area (Å²) >= 11 is 0. The Labute approximate surface area is 66.7 Å². The molecular formula is C6H12O4S. The van der Waals surface area contributed by atoms with Crippen molar-refractivity contribution in [1.82, 2.24) is 0 Å². The van der Waals surface area contributed by atoms with Crippen LogP contribution in [-0.4, -0.2) is 19.1 Å². The van der Waals surface area contributed by atoms with Crippen molar-refractivity contribution in [2.24, 2.45) is 0 Å². The molecule has 0 fully saturated rings. The fraction of sp³-hybridized carbons (Fsp3) is 0.833. The van der Waals surface area contributed by atoms with Crippen LogP contribution < -0.4 is 0 Å². The molecule has 5 heteroatoms. The van der Waals surface area contributed by atoms with Gasteiger partial charge in [0.25, 0.3) is 0 Å². The van der Waals surface area contributed by atoms with Crippen molar-refractivity contribution in [1.29, 1.82) is 0 Å². The van der Waals surface area contributed by atoms with Gasteiger partial charge in [0.1, 0.15) is 0 Å². The van der Waals surface area contributed by atoms with Gasteiger partial charge in [-0.25, -0.2) is 0 Å². The zero-order chi connectivity index (χ0) is 9.28. The molecule has 0 amide bonds. The monoisotopic (exact) mass is 180 g/mol. The van der Waals surface area contributed by atoms with Gasteiger partial charge < -0.3 is 4.18 Å². The van der Waals surface area contributed by atoms with E-state index in [4.69, 9.17) is 0 Å². The van der Waals surface area contributed by atoms with E-state index in [1.54, 1.807) is 0 Å². The van der Waals surface area contributed by atoms with Gasteiger partial charge in [-0.15, -0.1) is 0 Å². The van der Waals surface area contributed by atoms with E-state index in [2.05, 4.69) is 4.18 Å². The van der Waals surface area contributed by atoms with Gasteiger partial charge in [-0.3, -0.25) is 4.79 Å². The average Bonchev–Trinajstić information content (AvgIpc) is 1.56. The molecule has 0 aromatic heterocycles. The first kappa shape index (κ1) is 10.4. The normalized spacial score (nSPS) is 12.7. The molecule has 0 atom stereocenters. The van der Waals surface area contributed by atoms with Gasteiger partial charge in [0.2, 0.25) is 0 Å². The summed E-state index contributed by atoms with van der Waals surface area (Å²) in [5, 5.41) is 0. The van der Waals surface area contributed by atoms with Gasteiger partial charge in [0.05, 0.1) is 4.75 Å². The summed E-state index contributed by atoms with van der Waals surface area (Å²) in [6.45, 7) is 5.45. The third-order valence-corrected chi connectivity index (χ3v) is 2.93. The summed E-state index contributed by atoms with van der Waals surface area (Å²) < 4.78 is 25.1. The van der Waals surface area contributed by atoms with Crippen LogP contribution in [0.3, 0.4) is 0 Å². The third-order valence-electron chi connectivity index (χ3n) is 0.977. The quantitative estimate of drug-likeness (QED) is 0.557. The van der Waals surface area contributed by atoms with Gasteiger partial charge >= 0.3 is 16.1 Å². The van der Waals surface area contributed by atoms with Crippen LogP contribution in [0.1, 0.15) is 27.7 Å². The molecule has 0 N–H and O–H groups in total. The average molecular weight is 180 g/mol. The number of carbonyl (C=O) groups is 1. The van der Waals surface area contributed by atoms with Crippen molar-refractivity contribution < 1.29 is 17.4 Å². The Kier molecular flexibility index (Phi) is 2.66. The molecule has 0 radical (unpaired) electrons. The first-order valence-corrected chi connectivity index (χ1v) is 4.52. The predicted molar refractivity (Wildman–Crippen MR) is 40.4 cm³/mol. The maximum absolute atomic E-state index is 11.0. The van der Waals surface area contributed by atoms with Crippen LogP contribution >= 0.6 is 0 Å². The molecule has 0 bridgehead atoms. The molecule has 0 saturated heterocycles. The van der Waals surface area contributed by atoms with E-state index in [-0.39, 0.29) is 0 Å². The summed E-state index contributed by atoms with van der Waals surface area (Å²) in [5.41, 5.74) is 0. The Hall–Kier alpha value is -0.580. The van der Waals surface area contributed by atoms with Crippen molar-refractivity contribution in [2.45, 2.75) is 32.4 Å². The van der Waals surface area contributed by atoms with E-state index in [0.717, 1.165) is 6.92 Å². The zero-order valence-electron chi connectivity index (χ0n) is 7.04. The molecule has 0 aromatic rings. The SMILES string of the molecule is CC(=O)OS(=O)(=O)C(C)(C)C. The maximum Gasteiger partial charge on any atom is 0.319 e. The molecule has 0 aliphatic rings. The second-order valence-electron chi connectivity index (χ2n) is 3.14. The fourth-order valence-electron chi connectivity index (χ4n) is 0.279. The van der Waals surface area contributed by atoms with Crippen molar-refractivity contribution in [3.8, 4) is 0 Å². The molecule has 0 saturated carbocycles. The van der Waals surface area contributed by atoms with Crippen molar-refractivity contribution >= 4 is 16.1 Å². The predicted octanol–water partition coefficient (Wildman–Crippen LogP) is 0.678. The van der Waals surface area contributed by atoms with Crippen LogP contribution in [0.4, 0.5) is 0 Å². The summed E-state index contributed by atoms with van der Waals surface area (Å²) in [6, 6.07) is 0. The Morgan fingerprint density at radius 3 is 1.73 bits per heavy atom. The van der Waals surface area contributed by atoms with Crippen LogP contribution in [0.25, 0.3) is 0 Å². The highest BCUT2D eigenvalue weighted by atomic mass is 32.2. The topological polar surface area (TPSA) is 60.4 Å². The molecule has 0 unspecified atom stereocenters. The number of hydrogen-bond donors (Lipinski definition) is 0. The van der Waals surface area contributed by atoms with Gasteiger partial charge in [0, 0.05) is 6.92 Å². The minimum absolute atomic E-state index is 0.806. The van der Waals surface area contributed by atoms with Gasteiger partial charge in [0.15, 0.2) is 0 Å². The van der Waals surface area contributed by atoms with Crippen LogP contribution in [-0.2, 0) is 19.1 Å². The lowest BCUT2D eigenvalue weighted by molar-refractivity contribution is -0.131. The third kappa shape index (κ3) is 2.88. The van der Waals surface area contributed by atoms with E-state index in [9.17, 15) is 13.2 Å². The highest BCUT2D eigenvalue weighted by Crippen LogP contribution is 2.16. The number of carbonyl (C=O) groups excluding carboxylic acids is 1. The molecule has 66 valence electrons.